The molecule has 1 amide bonds. The Kier molecular flexibility index (Phi) is 12.4. The van der Waals surface area contributed by atoms with Crippen LogP contribution in [0.5, 0.6) is 0 Å². The minimum absolute atomic E-state index is 0.0685. The van der Waals surface area contributed by atoms with Gasteiger partial charge in [-0.05, 0) is 43.9 Å². The quantitative estimate of drug-likeness (QED) is 0.262. The fourth-order valence-corrected chi connectivity index (χ4v) is 3.95. The maximum Gasteiger partial charge on any atom is 0.407 e. The lowest BCUT2D eigenvalue weighted by Crippen LogP contribution is -2.45. The van der Waals surface area contributed by atoms with Crippen LogP contribution in [0.4, 0.5) is 4.79 Å². The molecule has 0 saturated carbocycles. The Bertz CT molecular complexity index is 1070. The maximum absolute atomic E-state index is 12.2. The maximum atomic E-state index is 12.2. The monoisotopic (exact) mass is 535 g/mol. The first-order valence-electron chi connectivity index (χ1n) is 13.4. The third-order valence-electron chi connectivity index (χ3n) is 5.84. The zero-order valence-electron chi connectivity index (χ0n) is 23.1. The molecule has 7 heteroatoms. The van der Waals surface area contributed by atoms with Gasteiger partial charge in [-0.1, -0.05) is 91.0 Å². The zero-order chi connectivity index (χ0) is 27.9. The first kappa shape index (κ1) is 30.3. The fraction of sp³-hybridized carbons (Fsp3) is 0.406. The number of aliphatic hydroxyl groups excluding tert-OH is 1. The van der Waals surface area contributed by atoms with Crippen LogP contribution in [-0.2, 0) is 38.8 Å². The molecule has 0 aliphatic heterocycles. The number of nitrogens with one attached hydrogen (secondary N) is 1. The molecular formula is C32H41NO6. The number of hydrogen-bond donors (Lipinski definition) is 2. The normalized spacial score (nSPS) is 13.8. The summed E-state index contributed by atoms with van der Waals surface area (Å²) in [7, 11) is 0. The van der Waals surface area contributed by atoms with Crippen molar-refractivity contribution in [2.24, 2.45) is 0 Å². The number of aliphatic hydroxyl groups is 1. The van der Waals surface area contributed by atoms with E-state index in [4.69, 9.17) is 18.9 Å². The summed E-state index contributed by atoms with van der Waals surface area (Å²) in [6.45, 7) is 6.81. The number of amides is 1. The summed E-state index contributed by atoms with van der Waals surface area (Å²) in [4.78, 5) is 12.2. The van der Waals surface area contributed by atoms with Crippen molar-refractivity contribution in [3.63, 3.8) is 0 Å². The Balaban J connectivity index is 1.70. The molecule has 0 aliphatic rings. The Morgan fingerprint density at radius 2 is 1.26 bits per heavy atom. The predicted molar refractivity (Wildman–Crippen MR) is 151 cm³/mol. The van der Waals surface area contributed by atoms with Crippen molar-refractivity contribution in [1.82, 2.24) is 5.32 Å². The summed E-state index contributed by atoms with van der Waals surface area (Å²) < 4.78 is 23.8. The highest BCUT2D eigenvalue weighted by molar-refractivity contribution is 5.67. The third kappa shape index (κ3) is 12.0. The Morgan fingerprint density at radius 1 is 0.769 bits per heavy atom. The van der Waals surface area contributed by atoms with Gasteiger partial charge in [-0.25, -0.2) is 4.79 Å². The molecule has 3 rings (SSSR count). The van der Waals surface area contributed by atoms with Crippen LogP contribution in [0.15, 0.2) is 91.0 Å². The molecule has 210 valence electrons. The minimum Gasteiger partial charge on any atom is -0.444 e. The van der Waals surface area contributed by atoms with Gasteiger partial charge in [0.2, 0.25) is 0 Å². The third-order valence-corrected chi connectivity index (χ3v) is 5.84. The molecule has 0 unspecified atom stereocenters. The van der Waals surface area contributed by atoms with E-state index >= 15 is 0 Å². The van der Waals surface area contributed by atoms with Gasteiger partial charge in [0, 0.05) is 6.54 Å². The van der Waals surface area contributed by atoms with Gasteiger partial charge in [0.1, 0.15) is 17.8 Å². The highest BCUT2D eigenvalue weighted by Crippen LogP contribution is 2.19. The van der Waals surface area contributed by atoms with E-state index in [-0.39, 0.29) is 13.2 Å². The molecule has 0 aliphatic carbocycles. The molecule has 0 radical (unpaired) electrons. The van der Waals surface area contributed by atoms with Crippen LogP contribution in [-0.4, -0.2) is 48.3 Å². The molecule has 0 spiro atoms. The van der Waals surface area contributed by atoms with Crippen LogP contribution < -0.4 is 5.32 Å². The lowest BCUT2D eigenvalue weighted by molar-refractivity contribution is -0.149. The van der Waals surface area contributed by atoms with Crippen LogP contribution in [0.1, 0.15) is 43.9 Å². The van der Waals surface area contributed by atoms with Gasteiger partial charge in [0.25, 0.3) is 0 Å². The fourth-order valence-electron chi connectivity index (χ4n) is 3.95. The van der Waals surface area contributed by atoms with Crippen molar-refractivity contribution in [3.05, 3.63) is 108 Å². The van der Waals surface area contributed by atoms with Crippen molar-refractivity contribution in [2.75, 3.05) is 13.2 Å². The van der Waals surface area contributed by atoms with Crippen molar-refractivity contribution in [3.8, 4) is 0 Å². The molecule has 0 heterocycles. The summed E-state index contributed by atoms with van der Waals surface area (Å²) in [5, 5.41) is 14.0. The second kappa shape index (κ2) is 16.0. The molecule has 0 saturated heterocycles. The van der Waals surface area contributed by atoms with Crippen LogP contribution in [0.3, 0.4) is 0 Å². The second-order valence-electron chi connectivity index (χ2n) is 10.4. The van der Waals surface area contributed by atoms with Crippen molar-refractivity contribution in [1.29, 1.82) is 0 Å². The van der Waals surface area contributed by atoms with E-state index in [0.717, 1.165) is 16.7 Å². The highest BCUT2D eigenvalue weighted by Gasteiger charge is 2.31. The molecular weight excluding hydrogens is 494 g/mol. The van der Waals surface area contributed by atoms with E-state index < -0.39 is 30.0 Å². The molecule has 3 atom stereocenters. The predicted octanol–water partition coefficient (Wildman–Crippen LogP) is 5.65. The SMILES string of the molecule is CC(C)(C)OC(=O)NCC[C@@H](OCc1ccccc1)[C@@H](OCc1ccccc1)[C@H](O)COCc1ccccc1. The second-order valence-corrected chi connectivity index (χ2v) is 10.4. The van der Waals surface area contributed by atoms with Crippen LogP contribution in [0.2, 0.25) is 0 Å². The van der Waals surface area contributed by atoms with Crippen molar-refractivity contribution in [2.45, 2.75) is 70.9 Å². The first-order valence-corrected chi connectivity index (χ1v) is 13.4. The number of carbonyl (C=O) groups is 1. The molecule has 39 heavy (non-hydrogen) atoms. The molecule has 0 bridgehead atoms. The summed E-state index contributed by atoms with van der Waals surface area (Å²) in [6.07, 6.45) is -2.29. The molecule has 2 N–H and O–H groups in total. The summed E-state index contributed by atoms with van der Waals surface area (Å²) >= 11 is 0. The van der Waals surface area contributed by atoms with E-state index in [0.29, 0.717) is 26.2 Å². The lowest BCUT2D eigenvalue weighted by atomic mass is 10.0. The number of carbonyl (C=O) groups excluding carboxylic acids is 1. The Hall–Kier alpha value is -3.23. The van der Waals surface area contributed by atoms with Gasteiger partial charge in [0.05, 0.1) is 32.5 Å². The van der Waals surface area contributed by atoms with Gasteiger partial charge >= 0.3 is 6.09 Å². The van der Waals surface area contributed by atoms with Crippen molar-refractivity contribution < 1.29 is 28.8 Å². The van der Waals surface area contributed by atoms with E-state index in [1.54, 1.807) is 0 Å². The van der Waals surface area contributed by atoms with Crippen molar-refractivity contribution >= 4 is 6.09 Å². The number of ether oxygens (including phenoxy) is 4. The average Bonchev–Trinajstić information content (AvgIpc) is 2.92. The average molecular weight is 536 g/mol. The Morgan fingerprint density at radius 3 is 1.77 bits per heavy atom. The molecule has 0 fully saturated rings. The Labute approximate surface area is 232 Å². The van der Waals surface area contributed by atoms with Gasteiger partial charge in [-0.3, -0.25) is 0 Å². The molecule has 0 aromatic heterocycles. The van der Waals surface area contributed by atoms with Gasteiger partial charge in [0.15, 0.2) is 0 Å². The number of rotatable bonds is 15. The van der Waals surface area contributed by atoms with Gasteiger partial charge < -0.3 is 29.4 Å². The first-order chi connectivity index (χ1) is 18.8. The lowest BCUT2D eigenvalue weighted by Gasteiger charge is -2.31. The summed E-state index contributed by atoms with van der Waals surface area (Å²) in [6, 6.07) is 29.4. The minimum atomic E-state index is -0.959. The van der Waals surface area contributed by atoms with E-state index in [2.05, 4.69) is 5.32 Å². The topological polar surface area (TPSA) is 86.3 Å². The molecule has 7 nitrogen and oxygen atoms in total. The highest BCUT2D eigenvalue weighted by atomic mass is 16.6. The molecule has 3 aromatic rings. The van der Waals surface area contributed by atoms with Crippen LogP contribution in [0.25, 0.3) is 0 Å². The van der Waals surface area contributed by atoms with Gasteiger partial charge in [-0.15, -0.1) is 0 Å². The zero-order valence-corrected chi connectivity index (χ0v) is 23.1. The van der Waals surface area contributed by atoms with Gasteiger partial charge in [-0.2, -0.15) is 0 Å². The smallest absolute Gasteiger partial charge is 0.407 e. The largest absolute Gasteiger partial charge is 0.444 e. The van der Waals surface area contributed by atoms with Crippen LogP contribution in [0, 0.1) is 0 Å². The van der Waals surface area contributed by atoms with Crippen LogP contribution >= 0.6 is 0 Å². The number of alkyl carbamates (subject to hydrolysis) is 1. The molecule has 3 aromatic carbocycles. The summed E-state index contributed by atoms with van der Waals surface area (Å²) in [5.41, 5.74) is 2.40. The standard InChI is InChI=1S/C32H41NO6/c1-32(2,3)39-31(35)33-20-19-29(37-22-26-15-9-5-10-16-26)30(38-23-27-17-11-6-12-18-27)28(34)24-36-21-25-13-7-4-8-14-25/h4-18,28-30,34H,19-24H2,1-3H3,(H,33,35)/t28-,29-,30+/m1/s1. The number of hydrogen-bond acceptors (Lipinski definition) is 6. The van der Waals surface area contributed by atoms with E-state index in [1.807, 2.05) is 112 Å². The summed E-state index contributed by atoms with van der Waals surface area (Å²) in [5.74, 6) is 0. The van der Waals surface area contributed by atoms with E-state index in [9.17, 15) is 9.90 Å². The van der Waals surface area contributed by atoms with E-state index in [1.165, 1.54) is 0 Å². The number of benzene rings is 3.